The SMILES string of the molecule is CCOC(=O)CCN1c2c(C(=O)OC)cc3c(c2OCC1C)OC(F)(F)O3. The lowest BCUT2D eigenvalue weighted by Gasteiger charge is -2.37. The lowest BCUT2D eigenvalue weighted by molar-refractivity contribution is -0.287. The summed E-state index contributed by atoms with van der Waals surface area (Å²) in [4.78, 5) is 25.7. The maximum absolute atomic E-state index is 13.5. The number of methoxy groups -OCH3 is 1. The molecule has 1 aromatic carbocycles. The molecule has 2 heterocycles. The van der Waals surface area contributed by atoms with Crippen molar-refractivity contribution >= 4 is 17.6 Å². The number of rotatable bonds is 5. The second-order valence-corrected chi connectivity index (χ2v) is 6.00. The van der Waals surface area contributed by atoms with Gasteiger partial charge in [0.05, 0.1) is 37.4 Å². The molecule has 1 aromatic rings. The Hall–Kier alpha value is -2.78. The molecule has 0 fully saturated rings. The summed E-state index contributed by atoms with van der Waals surface area (Å²) in [7, 11) is 1.17. The Morgan fingerprint density at radius 2 is 2.07 bits per heavy atom. The van der Waals surface area contributed by atoms with Gasteiger partial charge in [0, 0.05) is 12.6 Å². The smallest absolute Gasteiger partial charge is 0.485 e. The van der Waals surface area contributed by atoms with Gasteiger partial charge in [0.15, 0.2) is 11.5 Å². The highest BCUT2D eigenvalue weighted by Gasteiger charge is 2.48. The normalized spacial score (nSPS) is 19.1. The molecule has 8 nitrogen and oxygen atoms in total. The fraction of sp³-hybridized carbons (Fsp3) is 0.529. The number of nitrogens with zero attached hydrogens (tertiary/aromatic N) is 1. The Labute approximate surface area is 153 Å². The molecule has 0 saturated carbocycles. The van der Waals surface area contributed by atoms with E-state index in [2.05, 4.69) is 9.47 Å². The minimum absolute atomic E-state index is 0.0250. The van der Waals surface area contributed by atoms with Gasteiger partial charge >= 0.3 is 18.2 Å². The number of hydrogen-bond donors (Lipinski definition) is 0. The molecule has 3 rings (SSSR count). The van der Waals surface area contributed by atoms with Crippen molar-refractivity contribution in [1.82, 2.24) is 0 Å². The van der Waals surface area contributed by atoms with Crippen LogP contribution in [0.5, 0.6) is 17.2 Å². The molecule has 2 aliphatic heterocycles. The van der Waals surface area contributed by atoms with Crippen LogP contribution in [0.25, 0.3) is 0 Å². The molecule has 0 aromatic heterocycles. The molecule has 1 unspecified atom stereocenters. The van der Waals surface area contributed by atoms with Crippen LogP contribution < -0.4 is 19.1 Å². The Kier molecular flexibility index (Phi) is 4.99. The predicted octanol–water partition coefficient (Wildman–Crippen LogP) is 2.34. The molecule has 0 N–H and O–H groups in total. The number of alkyl halides is 2. The number of fused-ring (bicyclic) bond motifs is 3. The van der Waals surface area contributed by atoms with Crippen molar-refractivity contribution in [3.05, 3.63) is 11.6 Å². The highest BCUT2D eigenvalue weighted by Crippen LogP contribution is 2.54. The molecule has 148 valence electrons. The third-order valence-electron chi connectivity index (χ3n) is 4.18. The van der Waals surface area contributed by atoms with Gasteiger partial charge in [0.25, 0.3) is 0 Å². The lowest BCUT2D eigenvalue weighted by Crippen LogP contribution is -2.43. The van der Waals surface area contributed by atoms with Gasteiger partial charge in [-0.15, -0.1) is 8.78 Å². The van der Waals surface area contributed by atoms with E-state index in [1.807, 2.05) is 6.92 Å². The average molecular weight is 387 g/mol. The van der Waals surface area contributed by atoms with Gasteiger partial charge < -0.3 is 28.6 Å². The van der Waals surface area contributed by atoms with Gasteiger partial charge in [-0.3, -0.25) is 4.79 Å². The molecule has 0 bridgehead atoms. The zero-order valence-corrected chi connectivity index (χ0v) is 15.0. The predicted molar refractivity (Wildman–Crippen MR) is 87.5 cm³/mol. The number of benzene rings is 1. The van der Waals surface area contributed by atoms with E-state index in [0.717, 1.165) is 6.07 Å². The van der Waals surface area contributed by atoms with Gasteiger partial charge in [0.2, 0.25) is 5.75 Å². The zero-order valence-electron chi connectivity index (χ0n) is 15.0. The minimum atomic E-state index is -3.87. The Morgan fingerprint density at radius 3 is 2.74 bits per heavy atom. The first kappa shape index (κ1) is 19.0. The van der Waals surface area contributed by atoms with Crippen LogP contribution in [0.3, 0.4) is 0 Å². The van der Waals surface area contributed by atoms with E-state index in [-0.39, 0.29) is 60.7 Å². The summed E-state index contributed by atoms with van der Waals surface area (Å²) in [5.41, 5.74) is 0.188. The number of carbonyl (C=O) groups excluding carboxylic acids is 2. The Bertz CT molecular complexity index is 768. The van der Waals surface area contributed by atoms with Crippen molar-refractivity contribution in [3.8, 4) is 17.2 Å². The topological polar surface area (TPSA) is 83.5 Å². The number of hydrogen-bond acceptors (Lipinski definition) is 8. The molecule has 0 radical (unpaired) electrons. The van der Waals surface area contributed by atoms with E-state index in [1.165, 1.54) is 7.11 Å². The maximum Gasteiger partial charge on any atom is 0.586 e. The second kappa shape index (κ2) is 7.09. The van der Waals surface area contributed by atoms with Crippen LogP contribution in [-0.2, 0) is 14.3 Å². The van der Waals surface area contributed by atoms with Crippen LogP contribution in [0.15, 0.2) is 6.07 Å². The number of carbonyl (C=O) groups is 2. The fourth-order valence-corrected chi connectivity index (χ4v) is 3.02. The molecule has 27 heavy (non-hydrogen) atoms. The quantitative estimate of drug-likeness (QED) is 0.712. The lowest BCUT2D eigenvalue weighted by atomic mass is 10.0. The van der Waals surface area contributed by atoms with E-state index in [9.17, 15) is 18.4 Å². The van der Waals surface area contributed by atoms with Gasteiger partial charge in [-0.2, -0.15) is 0 Å². The molecular weight excluding hydrogens is 368 g/mol. The van der Waals surface area contributed by atoms with E-state index >= 15 is 0 Å². The van der Waals surface area contributed by atoms with E-state index in [1.54, 1.807) is 11.8 Å². The van der Waals surface area contributed by atoms with E-state index in [0.29, 0.717) is 0 Å². The van der Waals surface area contributed by atoms with Gasteiger partial charge in [-0.1, -0.05) is 0 Å². The molecule has 0 amide bonds. The van der Waals surface area contributed by atoms with Crippen LogP contribution in [0.1, 0.15) is 30.6 Å². The monoisotopic (exact) mass is 387 g/mol. The first-order chi connectivity index (χ1) is 12.8. The number of ether oxygens (including phenoxy) is 5. The summed E-state index contributed by atoms with van der Waals surface area (Å²) in [6.45, 7) is 4.09. The van der Waals surface area contributed by atoms with Crippen LogP contribution in [0.4, 0.5) is 14.5 Å². The Morgan fingerprint density at radius 1 is 1.33 bits per heavy atom. The molecule has 10 heteroatoms. The van der Waals surface area contributed by atoms with Crippen molar-refractivity contribution in [2.75, 3.05) is 31.8 Å². The molecule has 0 saturated heterocycles. The molecular formula is C17H19F2NO7. The number of anilines is 1. The maximum atomic E-state index is 13.5. The van der Waals surface area contributed by atoms with Crippen LogP contribution >= 0.6 is 0 Å². The largest absolute Gasteiger partial charge is 0.586 e. The van der Waals surface area contributed by atoms with Crippen LogP contribution in [0.2, 0.25) is 0 Å². The Balaban J connectivity index is 2.04. The highest BCUT2D eigenvalue weighted by molar-refractivity contribution is 6.00. The summed E-state index contributed by atoms with van der Waals surface area (Å²) in [5.74, 6) is -1.84. The van der Waals surface area contributed by atoms with E-state index < -0.39 is 18.2 Å². The standard InChI is InChI=1S/C17H19F2NO7/c1-4-24-12(21)5-6-20-9(2)8-25-15-13(20)10(16(22)23-3)7-11-14(15)27-17(18,19)26-11/h7,9H,4-6,8H2,1-3H3. The molecule has 2 aliphatic rings. The second-order valence-electron chi connectivity index (χ2n) is 6.00. The first-order valence-corrected chi connectivity index (χ1v) is 8.37. The minimum Gasteiger partial charge on any atom is -0.485 e. The van der Waals surface area contributed by atoms with Crippen LogP contribution in [0, 0.1) is 0 Å². The third-order valence-corrected chi connectivity index (χ3v) is 4.18. The van der Waals surface area contributed by atoms with Gasteiger partial charge in [0.1, 0.15) is 6.61 Å². The summed E-state index contributed by atoms with van der Waals surface area (Å²) in [6.07, 6.45) is -3.82. The summed E-state index contributed by atoms with van der Waals surface area (Å²) >= 11 is 0. The first-order valence-electron chi connectivity index (χ1n) is 8.37. The van der Waals surface area contributed by atoms with Crippen molar-refractivity contribution in [1.29, 1.82) is 0 Å². The van der Waals surface area contributed by atoms with Gasteiger partial charge in [-0.25, -0.2) is 4.79 Å². The average Bonchev–Trinajstić information content (AvgIpc) is 2.93. The molecule has 0 spiro atoms. The number of esters is 2. The van der Waals surface area contributed by atoms with Crippen molar-refractivity contribution < 1.29 is 42.1 Å². The van der Waals surface area contributed by atoms with E-state index in [4.69, 9.17) is 14.2 Å². The van der Waals surface area contributed by atoms with Crippen molar-refractivity contribution in [2.45, 2.75) is 32.6 Å². The summed E-state index contributed by atoms with van der Waals surface area (Å²) in [6, 6.07) is 0.885. The zero-order chi connectivity index (χ0) is 19.8. The third kappa shape index (κ3) is 3.56. The van der Waals surface area contributed by atoms with Crippen molar-refractivity contribution in [3.63, 3.8) is 0 Å². The highest BCUT2D eigenvalue weighted by atomic mass is 19.3. The number of halogens is 2. The molecule has 0 aliphatic carbocycles. The van der Waals surface area contributed by atoms with Crippen molar-refractivity contribution in [2.24, 2.45) is 0 Å². The molecule has 1 atom stereocenters. The fourth-order valence-electron chi connectivity index (χ4n) is 3.02. The van der Waals surface area contributed by atoms with Gasteiger partial charge in [-0.05, 0) is 13.8 Å². The summed E-state index contributed by atoms with van der Waals surface area (Å²) < 4.78 is 51.4. The summed E-state index contributed by atoms with van der Waals surface area (Å²) in [5, 5.41) is 0. The van der Waals surface area contributed by atoms with Crippen LogP contribution in [-0.4, -0.2) is 51.1 Å².